The Hall–Kier alpha value is -2.86. The Labute approximate surface area is 155 Å². The predicted octanol–water partition coefficient (Wildman–Crippen LogP) is 2.49. The van der Waals surface area contributed by atoms with Crippen LogP contribution in [0, 0.1) is 0 Å². The van der Waals surface area contributed by atoms with Crippen LogP contribution in [0.25, 0.3) is 0 Å². The van der Waals surface area contributed by atoms with Crippen LogP contribution >= 0.6 is 11.6 Å². The van der Waals surface area contributed by atoms with Crippen LogP contribution in [0.5, 0.6) is 5.75 Å². The van der Waals surface area contributed by atoms with E-state index in [0.717, 1.165) is 4.90 Å². The van der Waals surface area contributed by atoms with Gasteiger partial charge in [0, 0.05) is 10.6 Å². The van der Waals surface area contributed by atoms with Crippen molar-refractivity contribution in [2.45, 2.75) is 6.42 Å². The molecule has 6 nitrogen and oxygen atoms in total. The van der Waals surface area contributed by atoms with Gasteiger partial charge >= 0.3 is 5.97 Å². The Bertz CT molecular complexity index is 834. The van der Waals surface area contributed by atoms with Gasteiger partial charge in [-0.2, -0.15) is 0 Å². The first-order chi connectivity index (χ1) is 12.5. The lowest BCUT2D eigenvalue weighted by molar-refractivity contribution is -0.148. The zero-order valence-corrected chi connectivity index (χ0v) is 14.6. The van der Waals surface area contributed by atoms with E-state index in [1.54, 1.807) is 48.5 Å². The van der Waals surface area contributed by atoms with Crippen molar-refractivity contribution >= 4 is 29.4 Å². The number of halogens is 1. The van der Waals surface area contributed by atoms with Gasteiger partial charge in [0.2, 0.25) is 5.91 Å². The molecule has 26 heavy (non-hydrogen) atoms. The van der Waals surface area contributed by atoms with Crippen LogP contribution in [0.15, 0.2) is 48.5 Å². The quantitative estimate of drug-likeness (QED) is 0.442. The molecule has 2 aromatic rings. The number of carbonyl (C=O) groups is 3. The summed E-state index contributed by atoms with van der Waals surface area (Å²) >= 11 is 5.78. The lowest BCUT2D eigenvalue weighted by atomic mass is 9.98. The average Bonchev–Trinajstić information content (AvgIpc) is 2.64. The fraction of sp³-hybridized carbons (Fsp3) is 0.211. The molecule has 1 aliphatic rings. The van der Waals surface area contributed by atoms with Crippen molar-refractivity contribution in [2.75, 3.05) is 19.8 Å². The fourth-order valence-electron chi connectivity index (χ4n) is 2.58. The molecule has 0 aromatic heterocycles. The largest absolute Gasteiger partial charge is 0.490 e. The summed E-state index contributed by atoms with van der Waals surface area (Å²) in [6.45, 7) is -0.251. The van der Waals surface area contributed by atoms with Gasteiger partial charge in [0.1, 0.15) is 25.5 Å². The Morgan fingerprint density at radius 2 is 1.77 bits per heavy atom. The molecule has 0 N–H and O–H groups in total. The fourth-order valence-corrected chi connectivity index (χ4v) is 2.71. The number of imide groups is 1. The van der Waals surface area contributed by atoms with E-state index < -0.39 is 24.3 Å². The van der Waals surface area contributed by atoms with E-state index >= 15 is 0 Å². The minimum atomic E-state index is -0.661. The van der Waals surface area contributed by atoms with Gasteiger partial charge in [-0.15, -0.1) is 0 Å². The first kappa shape index (κ1) is 17.9. The number of carbonyl (C=O) groups excluding carboxylic acids is 3. The number of benzene rings is 2. The number of nitrogens with zero attached hydrogens (tertiary/aromatic N) is 1. The number of ether oxygens (including phenoxy) is 2. The van der Waals surface area contributed by atoms with Crippen molar-refractivity contribution in [1.82, 2.24) is 4.90 Å². The number of fused-ring (bicyclic) bond motifs is 1. The molecule has 1 heterocycles. The predicted molar refractivity (Wildman–Crippen MR) is 94.1 cm³/mol. The topological polar surface area (TPSA) is 72.9 Å². The van der Waals surface area contributed by atoms with Gasteiger partial charge in [-0.25, -0.2) is 0 Å². The van der Waals surface area contributed by atoms with E-state index in [9.17, 15) is 14.4 Å². The smallest absolute Gasteiger partial charge is 0.326 e. The van der Waals surface area contributed by atoms with Crippen LogP contribution in [-0.2, 0) is 20.7 Å². The first-order valence-electron chi connectivity index (χ1n) is 8.01. The Kier molecular flexibility index (Phi) is 5.53. The molecular formula is C19H16ClNO5. The van der Waals surface area contributed by atoms with Crippen molar-refractivity contribution in [2.24, 2.45) is 0 Å². The Morgan fingerprint density at radius 3 is 2.54 bits per heavy atom. The van der Waals surface area contributed by atoms with Crippen molar-refractivity contribution in [3.63, 3.8) is 0 Å². The van der Waals surface area contributed by atoms with Crippen molar-refractivity contribution in [1.29, 1.82) is 0 Å². The monoisotopic (exact) mass is 373 g/mol. The molecule has 2 amide bonds. The van der Waals surface area contributed by atoms with E-state index in [2.05, 4.69) is 0 Å². The zero-order valence-electron chi connectivity index (χ0n) is 13.8. The summed E-state index contributed by atoms with van der Waals surface area (Å²) in [6, 6.07) is 13.6. The molecule has 3 rings (SSSR count). The second-order valence-electron chi connectivity index (χ2n) is 5.64. The highest BCUT2D eigenvalue weighted by Crippen LogP contribution is 2.19. The summed E-state index contributed by atoms with van der Waals surface area (Å²) in [6.07, 6.45) is 0.0921. The van der Waals surface area contributed by atoms with Crippen molar-refractivity contribution in [3.05, 3.63) is 64.7 Å². The average molecular weight is 374 g/mol. The van der Waals surface area contributed by atoms with Gasteiger partial charge in [-0.1, -0.05) is 29.8 Å². The highest BCUT2D eigenvalue weighted by Gasteiger charge is 2.32. The van der Waals surface area contributed by atoms with Crippen molar-refractivity contribution in [3.8, 4) is 5.75 Å². The van der Waals surface area contributed by atoms with Crippen molar-refractivity contribution < 1.29 is 23.9 Å². The molecule has 2 aromatic carbocycles. The Balaban J connectivity index is 1.48. The molecule has 0 saturated carbocycles. The van der Waals surface area contributed by atoms with Crippen LogP contribution in [0.1, 0.15) is 15.9 Å². The summed E-state index contributed by atoms with van der Waals surface area (Å²) in [5.41, 5.74) is 1.11. The SMILES string of the molecule is O=C(CN1C(=O)Cc2ccccc2C1=O)OCCOc1ccc(Cl)cc1. The number of rotatable bonds is 6. The second kappa shape index (κ2) is 8.01. The van der Waals surface area contributed by atoms with E-state index in [4.69, 9.17) is 21.1 Å². The maximum absolute atomic E-state index is 12.4. The molecule has 134 valence electrons. The van der Waals surface area contributed by atoms with E-state index in [0.29, 0.717) is 21.9 Å². The maximum Gasteiger partial charge on any atom is 0.326 e. The lowest BCUT2D eigenvalue weighted by Crippen LogP contribution is -2.45. The zero-order chi connectivity index (χ0) is 18.5. The molecule has 0 atom stereocenters. The minimum Gasteiger partial charge on any atom is -0.490 e. The third-order valence-corrected chi connectivity index (χ3v) is 4.10. The summed E-state index contributed by atoms with van der Waals surface area (Å²) in [4.78, 5) is 37.3. The molecule has 0 fully saturated rings. The molecule has 0 bridgehead atoms. The molecule has 1 aliphatic heterocycles. The Morgan fingerprint density at radius 1 is 1.04 bits per heavy atom. The molecule has 0 saturated heterocycles. The van der Waals surface area contributed by atoms with Gasteiger partial charge in [-0.05, 0) is 35.9 Å². The molecular weight excluding hydrogens is 358 g/mol. The highest BCUT2D eigenvalue weighted by atomic mass is 35.5. The van der Waals surface area contributed by atoms with Gasteiger partial charge in [0.15, 0.2) is 0 Å². The second-order valence-corrected chi connectivity index (χ2v) is 6.08. The standard InChI is InChI=1S/C19H16ClNO5/c20-14-5-7-15(8-6-14)25-9-10-26-18(23)12-21-17(22)11-13-3-1-2-4-16(13)19(21)24/h1-8H,9-12H2. The third kappa shape index (κ3) is 4.21. The lowest BCUT2D eigenvalue weighted by Gasteiger charge is -2.25. The normalized spacial score (nSPS) is 13.3. The van der Waals surface area contributed by atoms with E-state index in [1.807, 2.05) is 0 Å². The summed E-state index contributed by atoms with van der Waals surface area (Å²) in [5, 5.41) is 0.598. The van der Waals surface area contributed by atoms with E-state index in [1.165, 1.54) is 0 Å². The first-order valence-corrected chi connectivity index (χ1v) is 8.39. The number of hydrogen-bond acceptors (Lipinski definition) is 5. The van der Waals surface area contributed by atoms with Gasteiger partial charge in [0.05, 0.1) is 6.42 Å². The van der Waals surface area contributed by atoms with Gasteiger partial charge in [-0.3, -0.25) is 19.3 Å². The van der Waals surface area contributed by atoms with Crippen LogP contribution in [-0.4, -0.2) is 42.4 Å². The van der Waals surface area contributed by atoms with E-state index in [-0.39, 0.29) is 19.6 Å². The summed E-state index contributed by atoms with van der Waals surface area (Å²) in [7, 11) is 0. The molecule has 0 unspecified atom stereocenters. The molecule has 0 radical (unpaired) electrons. The highest BCUT2D eigenvalue weighted by molar-refractivity contribution is 6.30. The molecule has 0 aliphatic carbocycles. The maximum atomic E-state index is 12.4. The summed E-state index contributed by atoms with van der Waals surface area (Å²) in [5.74, 6) is -0.955. The van der Waals surface area contributed by atoms with Crippen LogP contribution in [0.3, 0.4) is 0 Å². The van der Waals surface area contributed by atoms with Crippen LogP contribution in [0.2, 0.25) is 5.02 Å². The number of esters is 1. The van der Waals surface area contributed by atoms with Gasteiger partial charge < -0.3 is 9.47 Å². The van der Waals surface area contributed by atoms with Crippen LogP contribution in [0.4, 0.5) is 0 Å². The van der Waals surface area contributed by atoms with Gasteiger partial charge in [0.25, 0.3) is 5.91 Å². The molecule has 0 spiro atoms. The third-order valence-electron chi connectivity index (χ3n) is 3.85. The number of amides is 2. The minimum absolute atomic E-state index is 0.00820. The molecule has 7 heteroatoms. The summed E-state index contributed by atoms with van der Waals surface area (Å²) < 4.78 is 10.4. The van der Waals surface area contributed by atoms with Crippen LogP contribution < -0.4 is 4.74 Å². The number of hydrogen-bond donors (Lipinski definition) is 0.